The number of carbonyl (C=O) groups excluding carboxylic acids is 1. The van der Waals surface area contributed by atoms with Gasteiger partial charge in [-0.1, -0.05) is 0 Å². The highest BCUT2D eigenvalue weighted by molar-refractivity contribution is 5.92. The van der Waals surface area contributed by atoms with Crippen LogP contribution in [0.25, 0.3) is 0 Å². The van der Waals surface area contributed by atoms with E-state index in [-0.39, 0.29) is 12.0 Å². The third kappa shape index (κ3) is 3.04. The van der Waals surface area contributed by atoms with Crippen LogP contribution < -0.4 is 5.32 Å². The molecule has 1 aliphatic rings. The molecule has 0 saturated carbocycles. The van der Waals surface area contributed by atoms with Gasteiger partial charge in [-0.3, -0.25) is 14.8 Å². The molecule has 1 atom stereocenters. The number of pyridine rings is 1. The van der Waals surface area contributed by atoms with E-state index in [0.717, 1.165) is 11.4 Å². The summed E-state index contributed by atoms with van der Waals surface area (Å²) >= 11 is 0. The second kappa shape index (κ2) is 6.48. The van der Waals surface area contributed by atoms with Crippen molar-refractivity contribution in [3.05, 3.63) is 48.3 Å². The zero-order valence-corrected chi connectivity index (χ0v) is 12.3. The molecule has 7 nitrogen and oxygen atoms in total. The number of aromatic nitrogens is 3. The number of rotatable bonds is 3. The molecule has 3 heterocycles. The Balaban J connectivity index is 1.72. The number of anilines is 1. The maximum absolute atomic E-state index is 12.4. The first-order chi connectivity index (χ1) is 10.8. The molecule has 114 valence electrons. The molecular formula is C15H17N5O2. The number of nitrogens with one attached hydrogen (secondary N) is 1. The Morgan fingerprint density at radius 3 is 2.91 bits per heavy atom. The summed E-state index contributed by atoms with van der Waals surface area (Å²) in [6, 6.07) is 3.85. The number of morpholine rings is 1. The van der Waals surface area contributed by atoms with Gasteiger partial charge in [0.1, 0.15) is 11.8 Å². The molecule has 1 fully saturated rings. The lowest BCUT2D eigenvalue weighted by Gasteiger charge is -2.32. The SMILES string of the molecule is CNc1ccc(C2CN(C(=O)c3cnccn3)CCO2)nc1. The highest BCUT2D eigenvalue weighted by atomic mass is 16.5. The smallest absolute Gasteiger partial charge is 0.274 e. The highest BCUT2D eigenvalue weighted by Gasteiger charge is 2.27. The topological polar surface area (TPSA) is 80.2 Å². The van der Waals surface area contributed by atoms with Crippen LogP contribution in [0.4, 0.5) is 5.69 Å². The molecule has 2 aromatic rings. The Morgan fingerprint density at radius 2 is 2.23 bits per heavy atom. The number of amides is 1. The van der Waals surface area contributed by atoms with E-state index in [1.807, 2.05) is 19.2 Å². The summed E-state index contributed by atoms with van der Waals surface area (Å²) in [5, 5.41) is 3.02. The van der Waals surface area contributed by atoms with Crippen molar-refractivity contribution in [3.63, 3.8) is 0 Å². The first kappa shape index (κ1) is 14.4. The maximum atomic E-state index is 12.4. The van der Waals surface area contributed by atoms with Crippen molar-refractivity contribution in [1.29, 1.82) is 0 Å². The first-order valence-electron chi connectivity index (χ1n) is 7.08. The Labute approximate surface area is 128 Å². The summed E-state index contributed by atoms with van der Waals surface area (Å²) < 4.78 is 5.74. The van der Waals surface area contributed by atoms with Crippen LogP contribution in [0.2, 0.25) is 0 Å². The fourth-order valence-corrected chi connectivity index (χ4v) is 2.33. The minimum atomic E-state index is -0.222. The molecule has 7 heteroatoms. The zero-order chi connectivity index (χ0) is 15.4. The molecule has 1 N–H and O–H groups in total. The number of hydrogen-bond acceptors (Lipinski definition) is 6. The lowest BCUT2D eigenvalue weighted by atomic mass is 10.1. The number of hydrogen-bond donors (Lipinski definition) is 1. The summed E-state index contributed by atoms with van der Waals surface area (Å²) in [5.74, 6) is -0.131. The van der Waals surface area contributed by atoms with Gasteiger partial charge in [0.2, 0.25) is 0 Å². The summed E-state index contributed by atoms with van der Waals surface area (Å²) in [5.41, 5.74) is 2.10. The third-order valence-corrected chi connectivity index (χ3v) is 3.54. The Hall–Kier alpha value is -2.54. The summed E-state index contributed by atoms with van der Waals surface area (Å²) in [6.07, 6.45) is 6.07. The van der Waals surface area contributed by atoms with Gasteiger partial charge in [0, 0.05) is 26.0 Å². The van der Waals surface area contributed by atoms with Gasteiger partial charge in [-0.25, -0.2) is 4.98 Å². The number of ether oxygens (including phenoxy) is 1. The van der Waals surface area contributed by atoms with E-state index in [1.165, 1.54) is 12.4 Å². The highest BCUT2D eigenvalue weighted by Crippen LogP contribution is 2.22. The van der Waals surface area contributed by atoms with Gasteiger partial charge in [-0.15, -0.1) is 0 Å². The quantitative estimate of drug-likeness (QED) is 0.915. The van der Waals surface area contributed by atoms with Crippen molar-refractivity contribution < 1.29 is 9.53 Å². The van der Waals surface area contributed by atoms with Crippen LogP contribution >= 0.6 is 0 Å². The largest absolute Gasteiger partial charge is 0.387 e. The van der Waals surface area contributed by atoms with Crippen LogP contribution in [-0.2, 0) is 4.74 Å². The standard InChI is InChI=1S/C15H17N5O2/c1-16-11-2-3-12(19-8-11)14-10-20(6-7-22-14)15(21)13-9-17-4-5-18-13/h2-5,8-9,14,16H,6-7,10H2,1H3. The van der Waals surface area contributed by atoms with Crippen molar-refractivity contribution in [2.75, 3.05) is 32.1 Å². The second-order valence-electron chi connectivity index (χ2n) is 4.92. The molecule has 0 aliphatic carbocycles. The van der Waals surface area contributed by atoms with E-state index in [2.05, 4.69) is 20.3 Å². The molecule has 22 heavy (non-hydrogen) atoms. The van der Waals surface area contributed by atoms with Crippen molar-refractivity contribution in [3.8, 4) is 0 Å². The molecule has 0 aromatic carbocycles. The van der Waals surface area contributed by atoms with Gasteiger partial charge in [0.15, 0.2) is 0 Å². The van der Waals surface area contributed by atoms with Crippen LogP contribution in [0.1, 0.15) is 22.3 Å². The van der Waals surface area contributed by atoms with Gasteiger partial charge in [-0.2, -0.15) is 0 Å². The van der Waals surface area contributed by atoms with E-state index >= 15 is 0 Å². The average Bonchev–Trinajstić information content (AvgIpc) is 2.62. The Bertz CT molecular complexity index is 632. The first-order valence-corrected chi connectivity index (χ1v) is 7.08. The fourth-order valence-electron chi connectivity index (χ4n) is 2.33. The molecule has 0 spiro atoms. The molecule has 3 rings (SSSR count). The molecule has 1 amide bonds. The summed E-state index contributed by atoms with van der Waals surface area (Å²) in [4.78, 5) is 26.5. The molecule has 0 bridgehead atoms. The van der Waals surface area contributed by atoms with Gasteiger partial charge in [0.25, 0.3) is 5.91 Å². The average molecular weight is 299 g/mol. The van der Waals surface area contributed by atoms with Crippen molar-refractivity contribution >= 4 is 11.6 Å². The Kier molecular flexibility index (Phi) is 4.24. The predicted octanol–water partition coefficient (Wildman–Crippen LogP) is 1.13. The monoisotopic (exact) mass is 299 g/mol. The molecule has 1 saturated heterocycles. The minimum absolute atomic E-state index is 0.131. The van der Waals surface area contributed by atoms with Crippen molar-refractivity contribution in [2.24, 2.45) is 0 Å². The van der Waals surface area contributed by atoms with Gasteiger partial charge in [-0.05, 0) is 12.1 Å². The van der Waals surface area contributed by atoms with E-state index in [0.29, 0.717) is 25.4 Å². The van der Waals surface area contributed by atoms with E-state index in [9.17, 15) is 4.79 Å². The third-order valence-electron chi connectivity index (χ3n) is 3.54. The minimum Gasteiger partial charge on any atom is -0.387 e. The molecule has 2 aromatic heterocycles. The maximum Gasteiger partial charge on any atom is 0.274 e. The van der Waals surface area contributed by atoms with Crippen LogP contribution in [-0.4, -0.2) is 52.5 Å². The summed E-state index contributed by atoms with van der Waals surface area (Å²) in [7, 11) is 1.84. The Morgan fingerprint density at radius 1 is 1.32 bits per heavy atom. The van der Waals surface area contributed by atoms with Crippen LogP contribution in [0.15, 0.2) is 36.9 Å². The number of nitrogens with zero attached hydrogens (tertiary/aromatic N) is 4. The van der Waals surface area contributed by atoms with Crippen LogP contribution in [0, 0.1) is 0 Å². The van der Waals surface area contributed by atoms with Crippen molar-refractivity contribution in [1.82, 2.24) is 19.9 Å². The second-order valence-corrected chi connectivity index (χ2v) is 4.92. The van der Waals surface area contributed by atoms with Gasteiger partial charge >= 0.3 is 0 Å². The zero-order valence-electron chi connectivity index (χ0n) is 12.3. The predicted molar refractivity (Wildman–Crippen MR) is 80.4 cm³/mol. The molecule has 0 radical (unpaired) electrons. The lowest BCUT2D eigenvalue weighted by molar-refractivity contribution is -0.0249. The normalized spacial score (nSPS) is 18.0. The van der Waals surface area contributed by atoms with E-state index < -0.39 is 0 Å². The van der Waals surface area contributed by atoms with Gasteiger partial charge < -0.3 is 15.0 Å². The summed E-state index contributed by atoms with van der Waals surface area (Å²) in [6.45, 7) is 1.48. The van der Waals surface area contributed by atoms with Crippen LogP contribution in [0.3, 0.4) is 0 Å². The van der Waals surface area contributed by atoms with E-state index in [4.69, 9.17) is 4.74 Å². The van der Waals surface area contributed by atoms with E-state index in [1.54, 1.807) is 17.3 Å². The van der Waals surface area contributed by atoms with Crippen molar-refractivity contribution in [2.45, 2.75) is 6.10 Å². The lowest BCUT2D eigenvalue weighted by Crippen LogP contribution is -2.42. The van der Waals surface area contributed by atoms with Gasteiger partial charge in [0.05, 0.1) is 36.9 Å². The number of carbonyl (C=O) groups is 1. The molecular weight excluding hydrogens is 282 g/mol. The van der Waals surface area contributed by atoms with Crippen LogP contribution in [0.5, 0.6) is 0 Å². The molecule has 1 unspecified atom stereocenters. The molecule has 1 aliphatic heterocycles. The fraction of sp³-hybridized carbons (Fsp3) is 0.333.